The monoisotopic (exact) mass is 286 g/mol. The van der Waals surface area contributed by atoms with Crippen molar-refractivity contribution in [2.24, 2.45) is 0 Å². The van der Waals surface area contributed by atoms with E-state index in [1.54, 1.807) is 6.20 Å². The molecule has 4 heteroatoms. The number of rotatable bonds is 7. The molecule has 1 aromatic rings. The summed E-state index contributed by atoms with van der Waals surface area (Å²) >= 11 is 3.40. The molecule has 0 radical (unpaired) electrons. The van der Waals surface area contributed by atoms with E-state index >= 15 is 0 Å². The molecule has 3 nitrogen and oxygen atoms in total. The largest absolute Gasteiger partial charge is 0.379 e. The Kier molecular flexibility index (Phi) is 6.61. The van der Waals surface area contributed by atoms with E-state index < -0.39 is 0 Å². The van der Waals surface area contributed by atoms with Crippen molar-refractivity contribution in [3.8, 4) is 0 Å². The molecule has 0 fully saturated rings. The first kappa shape index (κ1) is 13.6. The summed E-state index contributed by atoms with van der Waals surface area (Å²) in [5.74, 6) is 0. The SMILES string of the molecule is CC(C)OCCCNCc1cncc(Br)c1. The third kappa shape index (κ3) is 6.20. The van der Waals surface area contributed by atoms with Crippen LogP contribution in [0.25, 0.3) is 0 Å². The fourth-order valence-corrected chi connectivity index (χ4v) is 1.71. The van der Waals surface area contributed by atoms with Gasteiger partial charge in [-0.2, -0.15) is 0 Å². The van der Waals surface area contributed by atoms with E-state index in [9.17, 15) is 0 Å². The van der Waals surface area contributed by atoms with Crippen molar-refractivity contribution >= 4 is 15.9 Å². The summed E-state index contributed by atoms with van der Waals surface area (Å²) < 4.78 is 6.48. The average molecular weight is 287 g/mol. The molecule has 0 amide bonds. The lowest BCUT2D eigenvalue weighted by molar-refractivity contribution is 0.0770. The summed E-state index contributed by atoms with van der Waals surface area (Å²) in [5.41, 5.74) is 1.19. The third-order valence-corrected chi connectivity index (χ3v) is 2.47. The minimum Gasteiger partial charge on any atom is -0.379 e. The zero-order valence-electron chi connectivity index (χ0n) is 9.87. The van der Waals surface area contributed by atoms with Gasteiger partial charge >= 0.3 is 0 Å². The van der Waals surface area contributed by atoms with Crippen molar-refractivity contribution in [1.82, 2.24) is 10.3 Å². The van der Waals surface area contributed by atoms with Gasteiger partial charge in [-0.25, -0.2) is 0 Å². The van der Waals surface area contributed by atoms with Crippen LogP contribution in [0.5, 0.6) is 0 Å². The van der Waals surface area contributed by atoms with Gasteiger partial charge in [-0.05, 0) is 54.4 Å². The van der Waals surface area contributed by atoms with Crippen molar-refractivity contribution in [3.63, 3.8) is 0 Å². The lowest BCUT2D eigenvalue weighted by Gasteiger charge is -2.08. The van der Waals surface area contributed by atoms with Gasteiger partial charge in [-0.1, -0.05) is 0 Å². The number of ether oxygens (including phenoxy) is 1. The van der Waals surface area contributed by atoms with Crippen molar-refractivity contribution in [2.75, 3.05) is 13.2 Å². The van der Waals surface area contributed by atoms with Crippen molar-refractivity contribution in [1.29, 1.82) is 0 Å². The molecule has 0 unspecified atom stereocenters. The molecule has 0 saturated heterocycles. The zero-order valence-corrected chi connectivity index (χ0v) is 11.5. The van der Waals surface area contributed by atoms with E-state index in [0.29, 0.717) is 6.10 Å². The van der Waals surface area contributed by atoms with Crippen LogP contribution in [0.4, 0.5) is 0 Å². The number of pyridine rings is 1. The molecule has 16 heavy (non-hydrogen) atoms. The standard InChI is InChI=1S/C12H19BrN2O/c1-10(2)16-5-3-4-14-7-11-6-12(13)9-15-8-11/h6,8-10,14H,3-5,7H2,1-2H3. The predicted octanol–water partition coefficient (Wildman–Crippen LogP) is 2.75. The maximum atomic E-state index is 5.45. The van der Waals surface area contributed by atoms with Gasteiger partial charge in [-0.15, -0.1) is 0 Å². The van der Waals surface area contributed by atoms with Gasteiger partial charge in [0.1, 0.15) is 0 Å². The molecule has 0 saturated carbocycles. The van der Waals surface area contributed by atoms with Crippen LogP contribution in [0.1, 0.15) is 25.8 Å². The summed E-state index contributed by atoms with van der Waals surface area (Å²) in [5, 5.41) is 3.36. The van der Waals surface area contributed by atoms with Crippen LogP contribution in [-0.4, -0.2) is 24.2 Å². The van der Waals surface area contributed by atoms with Gasteiger partial charge in [0.25, 0.3) is 0 Å². The molecule has 1 N–H and O–H groups in total. The molecule has 0 bridgehead atoms. The molecule has 90 valence electrons. The summed E-state index contributed by atoms with van der Waals surface area (Å²) in [6.45, 7) is 6.76. The fraction of sp³-hybridized carbons (Fsp3) is 0.583. The van der Waals surface area contributed by atoms with Gasteiger partial charge in [0.2, 0.25) is 0 Å². The van der Waals surface area contributed by atoms with Gasteiger partial charge in [-0.3, -0.25) is 4.98 Å². The van der Waals surface area contributed by atoms with Crippen molar-refractivity contribution < 1.29 is 4.74 Å². The van der Waals surface area contributed by atoms with Gasteiger partial charge in [0.15, 0.2) is 0 Å². The van der Waals surface area contributed by atoms with E-state index in [1.165, 1.54) is 5.56 Å². The quantitative estimate of drug-likeness (QED) is 0.783. The van der Waals surface area contributed by atoms with E-state index in [-0.39, 0.29) is 0 Å². The van der Waals surface area contributed by atoms with Crippen LogP contribution < -0.4 is 5.32 Å². The van der Waals surface area contributed by atoms with E-state index in [1.807, 2.05) is 6.20 Å². The average Bonchev–Trinajstić information content (AvgIpc) is 2.23. The Hall–Kier alpha value is -0.450. The minimum atomic E-state index is 0.328. The first-order valence-corrected chi connectivity index (χ1v) is 6.39. The van der Waals surface area contributed by atoms with E-state index in [2.05, 4.69) is 46.1 Å². The highest BCUT2D eigenvalue weighted by Gasteiger charge is 1.95. The van der Waals surface area contributed by atoms with Crippen molar-refractivity contribution in [2.45, 2.75) is 32.9 Å². The summed E-state index contributed by atoms with van der Waals surface area (Å²) in [4.78, 5) is 4.11. The van der Waals surface area contributed by atoms with Gasteiger partial charge in [0.05, 0.1) is 6.10 Å². The van der Waals surface area contributed by atoms with Gasteiger partial charge in [0, 0.05) is 30.0 Å². The Morgan fingerprint density at radius 3 is 2.94 bits per heavy atom. The number of nitrogens with zero attached hydrogens (tertiary/aromatic N) is 1. The van der Waals surface area contributed by atoms with Gasteiger partial charge < -0.3 is 10.1 Å². The smallest absolute Gasteiger partial charge is 0.0518 e. The number of aromatic nitrogens is 1. The second kappa shape index (κ2) is 7.76. The molecular weight excluding hydrogens is 268 g/mol. The van der Waals surface area contributed by atoms with Crippen LogP contribution in [0.15, 0.2) is 22.9 Å². The summed E-state index contributed by atoms with van der Waals surface area (Å²) in [6, 6.07) is 2.07. The first-order chi connectivity index (χ1) is 7.68. The Morgan fingerprint density at radius 2 is 2.25 bits per heavy atom. The fourth-order valence-electron chi connectivity index (χ4n) is 1.30. The molecule has 1 aromatic heterocycles. The molecule has 0 aliphatic carbocycles. The molecule has 1 rings (SSSR count). The first-order valence-electron chi connectivity index (χ1n) is 5.60. The van der Waals surface area contributed by atoms with E-state index in [0.717, 1.165) is 30.6 Å². The molecule has 1 heterocycles. The maximum absolute atomic E-state index is 5.45. The van der Waals surface area contributed by atoms with Crippen LogP contribution in [0.2, 0.25) is 0 Å². The van der Waals surface area contributed by atoms with Crippen LogP contribution in [0, 0.1) is 0 Å². The molecule has 0 aromatic carbocycles. The summed E-state index contributed by atoms with van der Waals surface area (Å²) in [7, 11) is 0. The highest BCUT2D eigenvalue weighted by molar-refractivity contribution is 9.10. The number of halogens is 1. The normalized spacial score (nSPS) is 11.0. The van der Waals surface area contributed by atoms with Crippen molar-refractivity contribution in [3.05, 3.63) is 28.5 Å². The number of nitrogens with one attached hydrogen (secondary N) is 1. The van der Waals surface area contributed by atoms with Crippen LogP contribution in [0.3, 0.4) is 0 Å². The highest BCUT2D eigenvalue weighted by Crippen LogP contribution is 2.08. The minimum absolute atomic E-state index is 0.328. The molecule has 0 aliphatic rings. The maximum Gasteiger partial charge on any atom is 0.0518 e. The van der Waals surface area contributed by atoms with Crippen LogP contribution >= 0.6 is 15.9 Å². The van der Waals surface area contributed by atoms with Crippen LogP contribution in [-0.2, 0) is 11.3 Å². The van der Waals surface area contributed by atoms with E-state index in [4.69, 9.17) is 4.74 Å². The third-order valence-electron chi connectivity index (χ3n) is 2.04. The molecule has 0 spiro atoms. The highest BCUT2D eigenvalue weighted by atomic mass is 79.9. The molecule has 0 atom stereocenters. The second-order valence-corrected chi connectivity index (χ2v) is 4.88. The topological polar surface area (TPSA) is 34.1 Å². The lowest BCUT2D eigenvalue weighted by atomic mass is 10.3. The molecule has 0 aliphatic heterocycles. The predicted molar refractivity (Wildman–Crippen MR) is 69.3 cm³/mol. The number of hydrogen-bond acceptors (Lipinski definition) is 3. The Bertz CT molecular complexity index is 305. The molecular formula is C12H19BrN2O. The number of hydrogen-bond donors (Lipinski definition) is 1. The Balaban J connectivity index is 2.07. The Morgan fingerprint density at radius 1 is 1.44 bits per heavy atom. The zero-order chi connectivity index (χ0) is 11.8. The Labute approximate surface area is 106 Å². The summed E-state index contributed by atoms with van der Waals surface area (Å²) in [6.07, 6.45) is 5.04. The second-order valence-electron chi connectivity index (χ2n) is 3.96. The lowest BCUT2D eigenvalue weighted by Crippen LogP contribution is -2.17.